The highest BCUT2D eigenvalue weighted by Gasteiger charge is 2.35. The summed E-state index contributed by atoms with van der Waals surface area (Å²) in [7, 11) is 0. The Balaban J connectivity index is 1.94. The largest absolute Gasteiger partial charge is 0.418 e. The predicted molar refractivity (Wildman–Crippen MR) is 85.0 cm³/mol. The molecule has 1 aromatic rings. The van der Waals surface area contributed by atoms with Crippen LogP contribution in [0.15, 0.2) is 23.3 Å². The van der Waals surface area contributed by atoms with Gasteiger partial charge in [0, 0.05) is 17.3 Å². The third kappa shape index (κ3) is 3.47. The first-order valence-electron chi connectivity index (χ1n) is 7.97. The Morgan fingerprint density at radius 1 is 1.25 bits per heavy atom. The number of rotatable bonds is 3. The Hall–Kier alpha value is -2.25. The van der Waals surface area contributed by atoms with Crippen molar-refractivity contribution >= 4 is 17.4 Å². The number of carbonyl (C=O) groups is 1. The number of urea groups is 1. The summed E-state index contributed by atoms with van der Waals surface area (Å²) in [5.41, 5.74) is 2.32. The minimum absolute atomic E-state index is 0.0869. The van der Waals surface area contributed by atoms with Crippen LogP contribution in [0.4, 0.5) is 23.7 Å². The second kappa shape index (κ2) is 6.33. The molecule has 0 radical (unpaired) electrons. The second-order valence-electron chi connectivity index (χ2n) is 6.19. The number of hydrazone groups is 1. The fourth-order valence-corrected chi connectivity index (χ4v) is 3.17. The molecule has 8 heteroatoms. The molecule has 3 N–H and O–H groups in total. The van der Waals surface area contributed by atoms with E-state index in [9.17, 15) is 18.0 Å². The van der Waals surface area contributed by atoms with Crippen LogP contribution in [0.25, 0.3) is 0 Å². The van der Waals surface area contributed by atoms with Gasteiger partial charge in [0.15, 0.2) is 0 Å². The Morgan fingerprint density at radius 3 is 2.58 bits per heavy atom. The Labute approximate surface area is 137 Å². The number of anilines is 1. The summed E-state index contributed by atoms with van der Waals surface area (Å²) in [6, 6.07) is 3.29. The molecule has 0 spiro atoms. The SMILES string of the molecule is C[C@@H]1NC(=O)NN=C1c1ccc(NC2CCCC2)c(C(F)(F)F)c1. The molecule has 3 rings (SSSR count). The minimum Gasteiger partial charge on any atom is -0.382 e. The first kappa shape index (κ1) is 16.6. The van der Waals surface area contributed by atoms with Gasteiger partial charge in [0.1, 0.15) is 0 Å². The number of hydrogen-bond donors (Lipinski definition) is 3. The zero-order valence-corrected chi connectivity index (χ0v) is 13.2. The van der Waals surface area contributed by atoms with Crippen molar-refractivity contribution in [3.63, 3.8) is 0 Å². The van der Waals surface area contributed by atoms with Gasteiger partial charge in [-0.3, -0.25) is 0 Å². The van der Waals surface area contributed by atoms with Crippen LogP contribution in [0.1, 0.15) is 43.7 Å². The van der Waals surface area contributed by atoms with Gasteiger partial charge in [0.05, 0.1) is 17.3 Å². The van der Waals surface area contributed by atoms with Gasteiger partial charge in [0.2, 0.25) is 0 Å². The van der Waals surface area contributed by atoms with E-state index >= 15 is 0 Å². The van der Waals surface area contributed by atoms with E-state index < -0.39 is 23.8 Å². The molecule has 0 aromatic heterocycles. The number of halogens is 3. The van der Waals surface area contributed by atoms with Gasteiger partial charge in [-0.05, 0) is 31.9 Å². The van der Waals surface area contributed by atoms with Gasteiger partial charge in [-0.25, -0.2) is 10.2 Å². The molecule has 130 valence electrons. The Bertz CT molecular complexity index is 666. The molecule has 0 unspecified atom stereocenters. The van der Waals surface area contributed by atoms with Gasteiger partial charge in [-0.2, -0.15) is 18.3 Å². The van der Waals surface area contributed by atoms with Crippen molar-refractivity contribution in [3.8, 4) is 0 Å². The number of nitrogens with zero attached hydrogens (tertiary/aromatic N) is 1. The standard InChI is InChI=1S/C16H19F3N4O/c1-9-14(22-23-15(24)20-9)10-6-7-13(12(8-10)16(17,18)19)21-11-4-2-3-5-11/h6-9,11,21H,2-5H2,1H3,(H2,20,23,24)/t9-/m0/s1. The lowest BCUT2D eigenvalue weighted by molar-refractivity contribution is -0.137. The molecule has 2 aliphatic rings. The van der Waals surface area contributed by atoms with E-state index in [1.54, 1.807) is 13.0 Å². The van der Waals surface area contributed by atoms with Crippen LogP contribution in [0.5, 0.6) is 0 Å². The first-order chi connectivity index (χ1) is 11.3. The minimum atomic E-state index is -4.47. The fourth-order valence-electron chi connectivity index (χ4n) is 3.17. The van der Waals surface area contributed by atoms with Crippen LogP contribution in [0, 0.1) is 0 Å². The van der Waals surface area contributed by atoms with E-state index in [0.717, 1.165) is 31.7 Å². The number of nitrogens with one attached hydrogen (secondary N) is 3. The first-order valence-corrected chi connectivity index (χ1v) is 7.97. The summed E-state index contributed by atoms with van der Waals surface area (Å²) in [6.45, 7) is 1.68. The van der Waals surface area contributed by atoms with Crippen molar-refractivity contribution in [2.45, 2.75) is 50.9 Å². The molecule has 1 atom stereocenters. The molecule has 0 saturated heterocycles. The van der Waals surface area contributed by atoms with E-state index in [1.165, 1.54) is 6.07 Å². The lowest BCUT2D eigenvalue weighted by Crippen LogP contribution is -2.48. The van der Waals surface area contributed by atoms with Crippen molar-refractivity contribution in [3.05, 3.63) is 29.3 Å². The summed E-state index contributed by atoms with van der Waals surface area (Å²) in [5, 5.41) is 9.49. The maximum atomic E-state index is 13.5. The van der Waals surface area contributed by atoms with Crippen molar-refractivity contribution in [2.75, 3.05) is 5.32 Å². The topological polar surface area (TPSA) is 65.5 Å². The molecule has 2 amide bonds. The quantitative estimate of drug-likeness (QED) is 0.789. The number of alkyl halides is 3. The average molecular weight is 340 g/mol. The predicted octanol–water partition coefficient (Wildman–Crippen LogP) is 3.47. The van der Waals surface area contributed by atoms with Crippen LogP contribution in [0.3, 0.4) is 0 Å². The maximum Gasteiger partial charge on any atom is 0.418 e. The van der Waals surface area contributed by atoms with Gasteiger partial charge in [0.25, 0.3) is 0 Å². The molecule has 1 fully saturated rings. The number of amides is 2. The number of benzene rings is 1. The second-order valence-corrected chi connectivity index (χ2v) is 6.19. The number of hydrogen-bond acceptors (Lipinski definition) is 3. The zero-order valence-electron chi connectivity index (χ0n) is 13.2. The number of carbonyl (C=O) groups excluding carboxylic acids is 1. The monoisotopic (exact) mass is 340 g/mol. The summed E-state index contributed by atoms with van der Waals surface area (Å²) >= 11 is 0. The molecule has 1 heterocycles. The smallest absolute Gasteiger partial charge is 0.382 e. The van der Waals surface area contributed by atoms with Crippen molar-refractivity contribution < 1.29 is 18.0 Å². The third-order valence-electron chi connectivity index (χ3n) is 4.37. The molecule has 1 saturated carbocycles. The van der Waals surface area contributed by atoms with Crippen molar-refractivity contribution in [1.82, 2.24) is 10.7 Å². The highest BCUT2D eigenvalue weighted by atomic mass is 19.4. The molecule has 1 aliphatic heterocycles. The third-order valence-corrected chi connectivity index (χ3v) is 4.37. The molecule has 1 aromatic carbocycles. The van der Waals surface area contributed by atoms with Gasteiger partial charge < -0.3 is 10.6 Å². The van der Waals surface area contributed by atoms with E-state index in [2.05, 4.69) is 21.2 Å². The van der Waals surface area contributed by atoms with E-state index in [0.29, 0.717) is 11.3 Å². The van der Waals surface area contributed by atoms with Crippen molar-refractivity contribution in [1.29, 1.82) is 0 Å². The van der Waals surface area contributed by atoms with Gasteiger partial charge in [-0.15, -0.1) is 0 Å². The highest BCUT2D eigenvalue weighted by Crippen LogP contribution is 2.37. The van der Waals surface area contributed by atoms with Crippen molar-refractivity contribution in [2.24, 2.45) is 5.10 Å². The molecule has 1 aliphatic carbocycles. The van der Waals surface area contributed by atoms with Gasteiger partial charge in [-0.1, -0.05) is 18.9 Å². The summed E-state index contributed by atoms with van der Waals surface area (Å²) in [4.78, 5) is 11.2. The van der Waals surface area contributed by atoms with Crippen LogP contribution < -0.4 is 16.1 Å². The molecule has 5 nitrogen and oxygen atoms in total. The summed E-state index contributed by atoms with van der Waals surface area (Å²) in [5.74, 6) is 0. The lowest BCUT2D eigenvalue weighted by Gasteiger charge is -2.23. The average Bonchev–Trinajstić information content (AvgIpc) is 3.00. The van der Waals surface area contributed by atoms with E-state index in [-0.39, 0.29) is 11.7 Å². The van der Waals surface area contributed by atoms with E-state index in [4.69, 9.17) is 0 Å². The van der Waals surface area contributed by atoms with E-state index in [1.807, 2.05) is 0 Å². The molecular weight excluding hydrogens is 321 g/mol. The van der Waals surface area contributed by atoms with Gasteiger partial charge >= 0.3 is 12.2 Å². The summed E-state index contributed by atoms with van der Waals surface area (Å²) < 4.78 is 40.4. The van der Waals surface area contributed by atoms with Crippen LogP contribution >= 0.6 is 0 Å². The fraction of sp³-hybridized carbons (Fsp3) is 0.500. The Morgan fingerprint density at radius 2 is 1.96 bits per heavy atom. The lowest BCUT2D eigenvalue weighted by atomic mass is 9.99. The Kier molecular flexibility index (Phi) is 4.38. The van der Waals surface area contributed by atoms with Crippen LogP contribution in [-0.4, -0.2) is 23.8 Å². The van der Waals surface area contributed by atoms with Crippen LogP contribution in [0.2, 0.25) is 0 Å². The zero-order chi connectivity index (χ0) is 17.3. The molecule has 0 bridgehead atoms. The van der Waals surface area contributed by atoms with Crippen LogP contribution in [-0.2, 0) is 6.18 Å². The normalized spacial score (nSPS) is 21.9. The maximum absolute atomic E-state index is 13.5. The molecular formula is C16H19F3N4O. The molecule has 24 heavy (non-hydrogen) atoms. The highest BCUT2D eigenvalue weighted by molar-refractivity contribution is 6.07. The summed E-state index contributed by atoms with van der Waals surface area (Å²) in [6.07, 6.45) is -0.614.